The number of furan rings is 1. The highest BCUT2D eigenvalue weighted by Crippen LogP contribution is 2.19. The van der Waals surface area contributed by atoms with Gasteiger partial charge in [0.15, 0.2) is 5.96 Å². The summed E-state index contributed by atoms with van der Waals surface area (Å²) in [5.41, 5.74) is 1.51. The zero-order chi connectivity index (χ0) is 20.5. The number of hydrogen-bond acceptors (Lipinski definition) is 3. The van der Waals surface area contributed by atoms with E-state index in [1.54, 1.807) is 12.3 Å². The maximum atomic E-state index is 13.6. The van der Waals surface area contributed by atoms with Crippen LogP contribution >= 0.6 is 35.6 Å². The van der Waals surface area contributed by atoms with Crippen LogP contribution in [0, 0.1) is 5.82 Å². The van der Waals surface area contributed by atoms with Crippen LogP contribution in [0.5, 0.6) is 0 Å². The number of rotatable bonds is 8. The van der Waals surface area contributed by atoms with E-state index in [-0.39, 0.29) is 35.5 Å². The summed E-state index contributed by atoms with van der Waals surface area (Å²) in [6, 6.07) is 17.9. The Labute approximate surface area is 197 Å². The van der Waals surface area contributed by atoms with Crippen LogP contribution < -0.4 is 10.6 Å². The number of benzene rings is 2. The predicted molar refractivity (Wildman–Crippen MR) is 128 cm³/mol. The van der Waals surface area contributed by atoms with Gasteiger partial charge in [-0.2, -0.15) is 0 Å². The Kier molecular flexibility index (Phi) is 10.1. The lowest BCUT2D eigenvalue weighted by molar-refractivity contribution is 0.180. The van der Waals surface area contributed by atoms with Gasteiger partial charge in [0.1, 0.15) is 11.6 Å². The molecule has 1 atom stereocenters. The quantitative estimate of drug-likeness (QED) is 0.219. The summed E-state index contributed by atoms with van der Waals surface area (Å²) in [6.07, 6.45) is 1.43. The van der Waals surface area contributed by atoms with Crippen molar-refractivity contribution in [2.24, 2.45) is 4.99 Å². The molecule has 0 radical (unpaired) electrons. The molecule has 3 aromatic rings. The van der Waals surface area contributed by atoms with Gasteiger partial charge >= 0.3 is 0 Å². The molecule has 0 saturated heterocycles. The van der Waals surface area contributed by atoms with E-state index in [1.807, 2.05) is 42.5 Å². The zero-order valence-corrected chi connectivity index (χ0v) is 19.3. The fraction of sp³-hybridized carbons (Fsp3) is 0.227. The van der Waals surface area contributed by atoms with Crippen molar-refractivity contribution < 1.29 is 13.9 Å². The second kappa shape index (κ2) is 12.6. The van der Waals surface area contributed by atoms with Crippen molar-refractivity contribution in [3.63, 3.8) is 0 Å². The van der Waals surface area contributed by atoms with Crippen LogP contribution in [-0.4, -0.2) is 24.2 Å². The molecule has 0 aliphatic rings. The van der Waals surface area contributed by atoms with E-state index < -0.39 is 11.9 Å². The summed E-state index contributed by atoms with van der Waals surface area (Å²) in [5, 5.41) is 16.7. The van der Waals surface area contributed by atoms with Gasteiger partial charge in [0.25, 0.3) is 0 Å². The molecule has 0 aliphatic carbocycles. The van der Waals surface area contributed by atoms with Gasteiger partial charge in [0, 0.05) is 19.5 Å². The number of guanidine groups is 1. The third-order valence-electron chi connectivity index (χ3n) is 4.30. The van der Waals surface area contributed by atoms with Crippen LogP contribution in [0.25, 0.3) is 0 Å². The Bertz CT molecular complexity index is 923. The van der Waals surface area contributed by atoms with Gasteiger partial charge in [-0.15, -0.1) is 24.0 Å². The molecule has 1 unspecified atom stereocenters. The van der Waals surface area contributed by atoms with Crippen molar-refractivity contribution in [3.05, 3.63) is 94.7 Å². The van der Waals surface area contributed by atoms with Crippen molar-refractivity contribution in [2.45, 2.75) is 19.1 Å². The fourth-order valence-electron chi connectivity index (χ4n) is 2.72. The Morgan fingerprint density at radius 3 is 2.60 bits per heavy atom. The van der Waals surface area contributed by atoms with Gasteiger partial charge in [0.05, 0.1) is 23.9 Å². The lowest BCUT2D eigenvalue weighted by Crippen LogP contribution is -2.40. The third-order valence-corrected chi connectivity index (χ3v) is 4.60. The first-order valence-electron chi connectivity index (χ1n) is 9.33. The first kappa shape index (κ1) is 24.2. The minimum atomic E-state index is -0.907. The first-order chi connectivity index (χ1) is 14.1. The number of aliphatic imine (C=N–C) groups is 1. The summed E-state index contributed by atoms with van der Waals surface area (Å²) in [7, 11) is 0. The lowest BCUT2D eigenvalue weighted by Gasteiger charge is -2.16. The maximum absolute atomic E-state index is 13.6. The van der Waals surface area contributed by atoms with Crippen molar-refractivity contribution in [1.29, 1.82) is 0 Å². The van der Waals surface area contributed by atoms with Crippen LogP contribution in [0.1, 0.15) is 23.0 Å². The highest BCUT2D eigenvalue weighted by Gasteiger charge is 2.11. The second-order valence-electron chi connectivity index (χ2n) is 6.48. The van der Waals surface area contributed by atoms with Gasteiger partial charge in [-0.3, -0.25) is 0 Å². The van der Waals surface area contributed by atoms with Gasteiger partial charge in [-0.25, -0.2) is 9.38 Å². The van der Waals surface area contributed by atoms with E-state index in [0.29, 0.717) is 31.0 Å². The largest absolute Gasteiger partial charge is 0.469 e. The van der Waals surface area contributed by atoms with Crippen LogP contribution in [0.15, 0.2) is 76.3 Å². The Balaban J connectivity index is 0.00000320. The molecule has 2 aromatic carbocycles. The van der Waals surface area contributed by atoms with Gasteiger partial charge < -0.3 is 20.2 Å². The van der Waals surface area contributed by atoms with Crippen LogP contribution in [0.4, 0.5) is 4.39 Å². The summed E-state index contributed by atoms with van der Waals surface area (Å²) >= 11 is 5.70. The Hall–Kier alpha value is -2.10. The van der Waals surface area contributed by atoms with Crippen LogP contribution in [0.3, 0.4) is 0 Å². The normalized spacial score (nSPS) is 12.2. The standard InChI is InChI=1S/C22H23ClFN3O2.HI/c23-19-9-8-17(13-20(19)24)21(28)15-27-22(25-11-10-18-7-4-12-29-18)26-14-16-5-2-1-3-6-16;/h1-9,12-13,21,28H,10-11,14-15H2,(H2,25,26,27);1H. The molecule has 3 rings (SSSR count). The summed E-state index contributed by atoms with van der Waals surface area (Å²) in [4.78, 5) is 4.57. The van der Waals surface area contributed by atoms with Crippen molar-refractivity contribution >= 4 is 41.5 Å². The molecular weight excluding hydrogens is 520 g/mol. The highest BCUT2D eigenvalue weighted by atomic mass is 127. The molecule has 1 heterocycles. The summed E-state index contributed by atoms with van der Waals surface area (Å²) in [6.45, 7) is 1.27. The maximum Gasteiger partial charge on any atom is 0.191 e. The molecule has 0 amide bonds. The molecular formula is C22H24ClFIN3O2. The number of halogens is 3. The molecule has 1 aromatic heterocycles. The van der Waals surface area contributed by atoms with Crippen molar-refractivity contribution in [3.8, 4) is 0 Å². The van der Waals surface area contributed by atoms with Gasteiger partial charge in [0.2, 0.25) is 0 Å². The Morgan fingerprint density at radius 1 is 1.10 bits per heavy atom. The molecule has 3 N–H and O–H groups in total. The Morgan fingerprint density at radius 2 is 1.90 bits per heavy atom. The van der Waals surface area contributed by atoms with Crippen molar-refractivity contribution in [2.75, 3.05) is 13.1 Å². The first-order valence-corrected chi connectivity index (χ1v) is 9.71. The zero-order valence-electron chi connectivity index (χ0n) is 16.2. The molecule has 0 fully saturated rings. The second-order valence-corrected chi connectivity index (χ2v) is 6.88. The van der Waals surface area contributed by atoms with E-state index in [4.69, 9.17) is 16.0 Å². The molecule has 0 spiro atoms. The average Bonchev–Trinajstić information content (AvgIpc) is 3.25. The molecule has 0 bridgehead atoms. The number of aliphatic hydroxyl groups is 1. The monoisotopic (exact) mass is 543 g/mol. The van der Waals surface area contributed by atoms with Gasteiger partial charge in [-0.1, -0.05) is 48.0 Å². The van der Waals surface area contributed by atoms with Crippen LogP contribution in [0.2, 0.25) is 5.02 Å². The van der Waals surface area contributed by atoms with E-state index in [9.17, 15) is 9.50 Å². The third kappa shape index (κ3) is 7.62. The number of nitrogens with zero attached hydrogens (tertiary/aromatic N) is 1. The minimum Gasteiger partial charge on any atom is -0.469 e. The molecule has 160 valence electrons. The summed E-state index contributed by atoms with van der Waals surface area (Å²) < 4.78 is 19.0. The molecule has 30 heavy (non-hydrogen) atoms. The van der Waals surface area contributed by atoms with Crippen molar-refractivity contribution in [1.82, 2.24) is 10.6 Å². The van der Waals surface area contributed by atoms with E-state index in [2.05, 4.69) is 15.6 Å². The topological polar surface area (TPSA) is 69.8 Å². The summed E-state index contributed by atoms with van der Waals surface area (Å²) in [5.74, 6) is 0.864. The van der Waals surface area contributed by atoms with Gasteiger partial charge in [-0.05, 0) is 35.4 Å². The van der Waals surface area contributed by atoms with E-state index in [1.165, 1.54) is 12.1 Å². The molecule has 0 saturated carbocycles. The van der Waals surface area contributed by atoms with E-state index >= 15 is 0 Å². The molecule has 5 nitrogen and oxygen atoms in total. The van der Waals surface area contributed by atoms with E-state index in [0.717, 1.165) is 11.3 Å². The highest BCUT2D eigenvalue weighted by molar-refractivity contribution is 14.0. The number of nitrogens with one attached hydrogen (secondary N) is 2. The lowest BCUT2D eigenvalue weighted by atomic mass is 10.1. The average molecular weight is 544 g/mol. The molecule has 8 heteroatoms. The smallest absolute Gasteiger partial charge is 0.191 e. The van der Waals surface area contributed by atoms with Crippen LogP contribution in [-0.2, 0) is 13.0 Å². The predicted octanol–water partition coefficient (Wildman–Crippen LogP) is 4.70. The SMILES string of the molecule is I.OC(CNC(=NCc1ccccc1)NCCc1ccco1)c1ccc(Cl)c(F)c1. The number of hydrogen-bond donors (Lipinski definition) is 3. The molecule has 0 aliphatic heterocycles. The number of aliphatic hydroxyl groups excluding tert-OH is 1. The fourth-order valence-corrected chi connectivity index (χ4v) is 2.84. The minimum absolute atomic E-state index is 0.